The molecule has 1 amide bonds. The third-order valence-corrected chi connectivity index (χ3v) is 4.75. The molecule has 0 spiro atoms. The third-order valence-electron chi connectivity index (χ3n) is 2.29. The maximum absolute atomic E-state index is 11.2. The van der Waals surface area contributed by atoms with Gasteiger partial charge in [0.05, 0.1) is 0 Å². The van der Waals surface area contributed by atoms with Crippen LogP contribution in [0.15, 0.2) is 60.7 Å². The summed E-state index contributed by atoms with van der Waals surface area (Å²) in [5.74, 6) is -0.237. The molecule has 0 aliphatic carbocycles. The predicted octanol–water partition coefficient (Wildman–Crippen LogP) is 1.39. The monoisotopic (exact) mass is 353 g/mol. The van der Waals surface area contributed by atoms with Crippen molar-refractivity contribution in [2.75, 3.05) is 5.32 Å². The number of carbonyl (C=O) groups excluding carboxylic acids is 1. The second-order valence-corrected chi connectivity index (χ2v) is 7.59. The fraction of sp³-hybridized carbons (Fsp3) is 0.0714. The molecule has 2 aromatic rings. The zero-order chi connectivity index (χ0) is 15.7. The molecule has 0 bridgehead atoms. The van der Waals surface area contributed by atoms with Gasteiger partial charge in [-0.15, -0.1) is 0 Å². The van der Waals surface area contributed by atoms with Crippen LogP contribution in [0.4, 0.5) is 5.69 Å². The molecular weight excluding hydrogens is 337 g/mol. The van der Waals surface area contributed by atoms with E-state index in [1.807, 2.05) is 36.4 Å². The Morgan fingerprint density at radius 3 is 1.81 bits per heavy atom. The zero-order valence-electron chi connectivity index (χ0n) is 11.3. The molecule has 6 nitrogen and oxygen atoms in total. The van der Waals surface area contributed by atoms with Gasteiger partial charge in [0.15, 0.2) is 0 Å². The Morgan fingerprint density at radius 2 is 1.48 bits per heavy atom. The van der Waals surface area contributed by atoms with E-state index >= 15 is 0 Å². The van der Waals surface area contributed by atoms with Crippen LogP contribution in [0.25, 0.3) is 0 Å². The van der Waals surface area contributed by atoms with E-state index in [0.29, 0.717) is 5.69 Å². The number of benzene rings is 2. The first-order chi connectivity index (χ1) is 9.95. The second kappa shape index (κ2) is 8.44. The first kappa shape index (κ1) is 17.2. The van der Waals surface area contributed by atoms with Crippen molar-refractivity contribution in [3.8, 4) is 0 Å². The molecule has 2 rings (SSSR count). The van der Waals surface area contributed by atoms with Crippen LogP contribution in [0.5, 0.6) is 0 Å². The van der Waals surface area contributed by atoms with Crippen molar-refractivity contribution in [3.63, 3.8) is 0 Å². The molecule has 0 heterocycles. The average molecular weight is 353 g/mol. The van der Waals surface area contributed by atoms with Crippen molar-refractivity contribution < 1.29 is 21.8 Å². The number of rotatable bonds is 3. The topological polar surface area (TPSA) is 95.9 Å². The van der Waals surface area contributed by atoms with Crippen LogP contribution in [0.3, 0.4) is 0 Å². The molecule has 0 saturated heterocycles. The van der Waals surface area contributed by atoms with Crippen molar-refractivity contribution in [3.05, 3.63) is 60.7 Å². The first-order valence-corrected chi connectivity index (χ1v) is 9.31. The van der Waals surface area contributed by atoms with Crippen molar-refractivity contribution >= 4 is 30.1 Å². The number of nitrogens with one attached hydrogen (secondary N) is 1. The largest absolute Gasteiger partial charge is 0.0623 e. The molecule has 0 fully saturated rings. The number of amides is 1. The Balaban J connectivity index is 0.000000304. The Labute approximate surface area is 125 Å². The van der Waals surface area contributed by atoms with E-state index in [2.05, 4.69) is 9.19 Å². The number of hydrogen-bond donors (Lipinski definition) is 3. The van der Waals surface area contributed by atoms with Gasteiger partial charge < -0.3 is 0 Å². The third kappa shape index (κ3) is 6.42. The van der Waals surface area contributed by atoms with Gasteiger partial charge in [0.2, 0.25) is 0 Å². The summed E-state index contributed by atoms with van der Waals surface area (Å²) < 4.78 is 23.8. The van der Waals surface area contributed by atoms with Gasteiger partial charge in [0, 0.05) is 0 Å². The summed E-state index contributed by atoms with van der Waals surface area (Å²) in [6.07, 6.45) is 0. The molecule has 0 aliphatic heterocycles. The second-order valence-electron chi connectivity index (χ2n) is 3.98. The van der Waals surface area contributed by atoms with Crippen LogP contribution in [0.1, 0.15) is 6.92 Å². The summed E-state index contributed by atoms with van der Waals surface area (Å²) in [4.78, 5) is 10.7. The van der Waals surface area contributed by atoms with E-state index in [1.165, 1.54) is 31.2 Å². The zero-order valence-corrected chi connectivity index (χ0v) is 13.2. The Bertz CT molecular complexity index is 574. The van der Waals surface area contributed by atoms with E-state index in [9.17, 15) is 8.53 Å². The molecule has 0 aromatic heterocycles. The van der Waals surface area contributed by atoms with Crippen molar-refractivity contribution in [2.24, 2.45) is 0 Å². The molecule has 7 heteroatoms. The van der Waals surface area contributed by atoms with Crippen LogP contribution in [-0.4, -0.2) is 29.4 Å². The van der Waals surface area contributed by atoms with Crippen LogP contribution in [0, 0.1) is 0 Å². The summed E-state index contributed by atoms with van der Waals surface area (Å²) in [7, 11) is 0. The van der Waals surface area contributed by atoms with Crippen LogP contribution >= 0.6 is 0 Å². The molecule has 0 saturated carbocycles. The van der Waals surface area contributed by atoms with Crippen LogP contribution < -0.4 is 9.67 Å². The van der Waals surface area contributed by atoms with Gasteiger partial charge in [0.1, 0.15) is 0 Å². The van der Waals surface area contributed by atoms with Gasteiger partial charge >= 0.3 is 88.4 Å². The van der Waals surface area contributed by atoms with Gasteiger partial charge in [-0.1, -0.05) is 36.4 Å². The van der Waals surface area contributed by atoms with Crippen molar-refractivity contribution in [1.29, 1.82) is 0 Å². The number of anilines is 1. The smallest absolute Gasteiger partial charge is 0.0623 e. The summed E-state index contributed by atoms with van der Waals surface area (Å²) in [5, 5.41) is 10.7. The molecule has 0 radical (unpaired) electrons. The van der Waals surface area contributed by atoms with Gasteiger partial charge in [-0.2, -0.15) is 0 Å². The van der Waals surface area contributed by atoms with Crippen molar-refractivity contribution in [1.82, 2.24) is 0 Å². The number of carbonyl (C=O) groups is 1. The minimum atomic E-state index is -4.76. The van der Waals surface area contributed by atoms with E-state index in [-0.39, 0.29) is 10.3 Å². The minimum absolute atomic E-state index is 0.00438. The van der Waals surface area contributed by atoms with Crippen LogP contribution in [0.2, 0.25) is 0 Å². The molecule has 112 valence electrons. The van der Waals surface area contributed by atoms with Gasteiger partial charge in [0.25, 0.3) is 0 Å². The fourth-order valence-electron chi connectivity index (χ4n) is 1.37. The Hall–Kier alpha value is -1.85. The van der Waals surface area contributed by atoms with E-state index in [1.54, 1.807) is 0 Å². The normalized spacial score (nSPS) is 12.5. The van der Waals surface area contributed by atoms with Gasteiger partial charge in [-0.25, -0.2) is 0 Å². The Kier molecular flexibility index (Phi) is 6.91. The molecule has 3 N–H and O–H groups in total. The van der Waals surface area contributed by atoms with Gasteiger partial charge in [-0.05, 0) is 0 Å². The number of hydrogen-bond acceptors (Lipinski definition) is 4. The minimum Gasteiger partial charge on any atom is -0.0623 e. The predicted molar refractivity (Wildman–Crippen MR) is 79.2 cm³/mol. The molecule has 21 heavy (non-hydrogen) atoms. The summed E-state index contributed by atoms with van der Waals surface area (Å²) in [6.45, 7) is 1.35. The van der Waals surface area contributed by atoms with Gasteiger partial charge in [-0.3, -0.25) is 0 Å². The standard InChI is InChI=1S/C8H10AsNO5.C6H6/c1-6(11)10-8-4-2-7(3-5-8)9(12,13)15-14;1-2-4-6-5-3-1/h2-5,14H,1H3,(H,10,11)(H,12,13);1-6H. The SMILES string of the molecule is CC(=O)Nc1ccc([As](=O)(O)OO)cc1.c1ccccc1. The average Bonchev–Trinajstić information content (AvgIpc) is 2.49. The fourth-order valence-corrected chi connectivity index (χ4v) is 2.67. The summed E-state index contributed by atoms with van der Waals surface area (Å²) >= 11 is -4.76. The molecule has 1 atom stereocenters. The molecule has 1 unspecified atom stereocenters. The summed E-state index contributed by atoms with van der Waals surface area (Å²) in [6, 6.07) is 17.5. The van der Waals surface area contributed by atoms with Crippen LogP contribution in [-0.2, 0) is 12.4 Å². The molecule has 2 aromatic carbocycles. The van der Waals surface area contributed by atoms with E-state index in [0.717, 1.165) is 0 Å². The van der Waals surface area contributed by atoms with E-state index < -0.39 is 14.2 Å². The molecule has 0 aliphatic rings. The maximum atomic E-state index is 11.2. The summed E-state index contributed by atoms with van der Waals surface area (Å²) in [5.41, 5.74) is 0.500. The molecular formula is C14H16AsNO5. The Morgan fingerprint density at radius 1 is 1.05 bits per heavy atom. The first-order valence-electron chi connectivity index (χ1n) is 6.00. The van der Waals surface area contributed by atoms with E-state index in [4.69, 9.17) is 9.35 Å². The quantitative estimate of drug-likeness (QED) is 0.440. The maximum Gasteiger partial charge on any atom is -0.0623 e. The van der Waals surface area contributed by atoms with Crippen molar-refractivity contribution in [2.45, 2.75) is 6.92 Å².